The lowest BCUT2D eigenvalue weighted by Gasteiger charge is -2.09. The predicted molar refractivity (Wildman–Crippen MR) is 159 cm³/mol. The maximum absolute atomic E-state index is 11.6. The number of benzene rings is 1. The van der Waals surface area contributed by atoms with Crippen LogP contribution < -0.4 is 5.32 Å². The van der Waals surface area contributed by atoms with Gasteiger partial charge in [-0.3, -0.25) is 4.79 Å². The van der Waals surface area contributed by atoms with Crippen LogP contribution in [0.25, 0.3) is 0 Å². The van der Waals surface area contributed by atoms with Crippen molar-refractivity contribution in [2.24, 2.45) is 0 Å². The Morgan fingerprint density at radius 1 is 0.523 bits per heavy atom. The summed E-state index contributed by atoms with van der Waals surface area (Å²) in [5.74, 6) is -0.289. The Morgan fingerprint density at radius 2 is 0.886 bits per heavy atom. The van der Waals surface area contributed by atoms with Crippen LogP contribution in [-0.2, 0) is 63.5 Å². The van der Waals surface area contributed by atoms with E-state index in [1.165, 1.54) is 7.11 Å². The van der Waals surface area contributed by atoms with Crippen molar-refractivity contribution in [1.82, 2.24) is 5.32 Å². The highest BCUT2D eigenvalue weighted by atomic mass is 16.6. The van der Waals surface area contributed by atoms with Gasteiger partial charge < -0.3 is 57.4 Å². The first-order valence-corrected chi connectivity index (χ1v) is 14.9. The molecule has 254 valence electrons. The number of rotatable bonds is 32. The standard InChI is InChI=1S/C30H51NO13/c1-34-29(32)7-9-35-11-13-37-15-17-39-19-21-41-23-25-43-26-24-42-22-20-40-18-16-38-14-12-36-10-8-31-30(33)44-27-28-5-3-2-4-6-28/h2-6H,7-27H2,1H3,(H,31,33). The average molecular weight is 634 g/mol. The van der Waals surface area contributed by atoms with Crippen molar-refractivity contribution >= 4 is 12.1 Å². The molecule has 0 radical (unpaired) electrons. The molecule has 1 N–H and O–H groups in total. The number of ether oxygens (including phenoxy) is 11. The van der Waals surface area contributed by atoms with Crippen LogP contribution in [0.1, 0.15) is 12.0 Å². The second kappa shape index (κ2) is 32.0. The first-order chi connectivity index (χ1) is 21.7. The maximum atomic E-state index is 11.6. The van der Waals surface area contributed by atoms with Crippen LogP contribution in [0, 0.1) is 0 Å². The summed E-state index contributed by atoms with van der Waals surface area (Å²) in [6.07, 6.45) is -0.231. The second-order valence-corrected chi connectivity index (χ2v) is 8.83. The summed E-state index contributed by atoms with van der Waals surface area (Å²) in [6.45, 7) is 8.77. The Bertz CT molecular complexity index is 773. The van der Waals surface area contributed by atoms with Gasteiger partial charge in [0.25, 0.3) is 0 Å². The summed E-state index contributed by atoms with van der Waals surface area (Å²) >= 11 is 0. The molecule has 0 aliphatic carbocycles. The predicted octanol–water partition coefficient (Wildman–Crippen LogP) is 1.63. The van der Waals surface area contributed by atoms with E-state index in [2.05, 4.69) is 10.1 Å². The lowest BCUT2D eigenvalue weighted by Crippen LogP contribution is -2.28. The van der Waals surface area contributed by atoms with E-state index >= 15 is 0 Å². The largest absolute Gasteiger partial charge is 0.469 e. The molecule has 44 heavy (non-hydrogen) atoms. The molecule has 0 aliphatic heterocycles. The van der Waals surface area contributed by atoms with Gasteiger partial charge in [0.05, 0.1) is 132 Å². The zero-order valence-corrected chi connectivity index (χ0v) is 26.0. The average Bonchev–Trinajstić information content (AvgIpc) is 3.05. The molecule has 0 saturated heterocycles. The molecule has 1 aromatic carbocycles. The molecule has 0 aromatic heterocycles. The van der Waals surface area contributed by atoms with Crippen molar-refractivity contribution < 1.29 is 61.7 Å². The van der Waals surface area contributed by atoms with Crippen LogP contribution in [0.3, 0.4) is 0 Å². The molecule has 0 aliphatic rings. The fourth-order valence-corrected chi connectivity index (χ4v) is 3.12. The van der Waals surface area contributed by atoms with Crippen LogP contribution >= 0.6 is 0 Å². The summed E-state index contributed by atoms with van der Waals surface area (Å²) in [7, 11) is 1.35. The molecule has 0 spiro atoms. The fraction of sp³-hybridized carbons (Fsp3) is 0.733. The van der Waals surface area contributed by atoms with E-state index in [4.69, 9.17) is 47.4 Å². The number of alkyl carbamates (subject to hydrolysis) is 1. The lowest BCUT2D eigenvalue weighted by atomic mass is 10.2. The Hall–Kier alpha value is -2.40. The molecule has 1 amide bonds. The van der Waals surface area contributed by atoms with Crippen molar-refractivity contribution in [1.29, 1.82) is 0 Å². The second-order valence-electron chi connectivity index (χ2n) is 8.83. The highest BCUT2D eigenvalue weighted by molar-refractivity contribution is 5.69. The van der Waals surface area contributed by atoms with Crippen LogP contribution in [0.5, 0.6) is 0 Å². The molecule has 0 bridgehead atoms. The van der Waals surface area contributed by atoms with Gasteiger partial charge in [-0.15, -0.1) is 0 Å². The van der Waals surface area contributed by atoms with E-state index in [9.17, 15) is 9.59 Å². The van der Waals surface area contributed by atoms with Crippen molar-refractivity contribution in [2.45, 2.75) is 13.0 Å². The van der Waals surface area contributed by atoms with Gasteiger partial charge in [0.2, 0.25) is 0 Å². The third-order valence-electron chi connectivity index (χ3n) is 5.38. The summed E-state index contributed by atoms with van der Waals surface area (Å²) in [5.41, 5.74) is 0.935. The smallest absolute Gasteiger partial charge is 0.407 e. The summed E-state index contributed by atoms with van der Waals surface area (Å²) < 4.78 is 58.3. The minimum atomic E-state index is -0.472. The molecular weight excluding hydrogens is 582 g/mol. The van der Waals surface area contributed by atoms with Gasteiger partial charge in [0.15, 0.2) is 0 Å². The van der Waals surface area contributed by atoms with E-state index in [0.29, 0.717) is 125 Å². The molecule has 0 unspecified atom stereocenters. The Labute approximate surface area is 260 Å². The number of carbonyl (C=O) groups excluding carboxylic acids is 2. The van der Waals surface area contributed by atoms with Gasteiger partial charge in [0.1, 0.15) is 6.61 Å². The van der Waals surface area contributed by atoms with E-state index in [1.54, 1.807) is 0 Å². The number of carbonyl (C=O) groups is 2. The molecule has 0 heterocycles. The third kappa shape index (κ3) is 28.4. The number of amides is 1. The SMILES string of the molecule is COC(=O)CCOCCOCCOCCOCCOCCOCCOCCOCCOCCNC(=O)OCc1ccccc1. The van der Waals surface area contributed by atoms with Crippen molar-refractivity contribution in [3.05, 3.63) is 35.9 Å². The normalized spacial score (nSPS) is 11.0. The minimum Gasteiger partial charge on any atom is -0.469 e. The maximum Gasteiger partial charge on any atom is 0.407 e. The number of hydrogen-bond donors (Lipinski definition) is 1. The van der Waals surface area contributed by atoms with Gasteiger partial charge in [-0.05, 0) is 5.56 Å². The lowest BCUT2D eigenvalue weighted by molar-refractivity contribution is -0.141. The van der Waals surface area contributed by atoms with E-state index in [1.807, 2.05) is 30.3 Å². The third-order valence-corrected chi connectivity index (χ3v) is 5.38. The van der Waals surface area contributed by atoms with Crippen LogP contribution in [-0.4, -0.2) is 145 Å². The Kier molecular flexibility index (Phi) is 28.8. The van der Waals surface area contributed by atoms with E-state index in [-0.39, 0.29) is 19.0 Å². The number of methoxy groups -OCH3 is 1. The topological polar surface area (TPSA) is 148 Å². The van der Waals surface area contributed by atoms with Crippen LogP contribution in [0.15, 0.2) is 30.3 Å². The molecule has 14 heteroatoms. The molecule has 0 saturated carbocycles. The van der Waals surface area contributed by atoms with Crippen molar-refractivity contribution in [3.63, 3.8) is 0 Å². The summed E-state index contributed by atoms with van der Waals surface area (Å²) in [6, 6.07) is 9.49. The minimum absolute atomic E-state index is 0.235. The number of hydrogen-bond acceptors (Lipinski definition) is 13. The Morgan fingerprint density at radius 3 is 1.27 bits per heavy atom. The van der Waals surface area contributed by atoms with E-state index < -0.39 is 6.09 Å². The first kappa shape index (κ1) is 39.6. The van der Waals surface area contributed by atoms with Gasteiger partial charge in [0, 0.05) is 6.54 Å². The molecule has 14 nitrogen and oxygen atoms in total. The molecule has 0 atom stereocenters. The Balaban J connectivity index is 1.65. The number of nitrogens with one attached hydrogen (secondary N) is 1. The zero-order chi connectivity index (χ0) is 31.6. The van der Waals surface area contributed by atoms with Gasteiger partial charge in [-0.2, -0.15) is 0 Å². The van der Waals surface area contributed by atoms with Gasteiger partial charge in [-0.1, -0.05) is 30.3 Å². The summed E-state index contributed by atoms with van der Waals surface area (Å²) in [5, 5.41) is 2.64. The molecular formula is C30H51NO13. The molecule has 1 aromatic rings. The van der Waals surface area contributed by atoms with Crippen molar-refractivity contribution in [3.8, 4) is 0 Å². The first-order valence-electron chi connectivity index (χ1n) is 14.9. The molecule has 1 rings (SSSR count). The quantitative estimate of drug-likeness (QED) is 0.0906. The van der Waals surface area contributed by atoms with Crippen LogP contribution in [0.2, 0.25) is 0 Å². The van der Waals surface area contributed by atoms with Crippen LogP contribution in [0.4, 0.5) is 4.79 Å². The van der Waals surface area contributed by atoms with E-state index in [0.717, 1.165) is 5.56 Å². The fourth-order valence-electron chi connectivity index (χ4n) is 3.12. The zero-order valence-electron chi connectivity index (χ0n) is 26.0. The van der Waals surface area contributed by atoms with Crippen molar-refractivity contribution in [2.75, 3.05) is 133 Å². The monoisotopic (exact) mass is 633 g/mol. The number of esters is 1. The highest BCUT2D eigenvalue weighted by Gasteiger charge is 2.02. The van der Waals surface area contributed by atoms with Gasteiger partial charge >= 0.3 is 12.1 Å². The summed E-state index contributed by atoms with van der Waals surface area (Å²) in [4.78, 5) is 22.5. The molecule has 0 fully saturated rings. The van der Waals surface area contributed by atoms with Gasteiger partial charge in [-0.25, -0.2) is 4.79 Å². The highest BCUT2D eigenvalue weighted by Crippen LogP contribution is 2.00.